The van der Waals surface area contributed by atoms with E-state index in [9.17, 15) is 9.18 Å². The predicted molar refractivity (Wildman–Crippen MR) is 117 cm³/mol. The summed E-state index contributed by atoms with van der Waals surface area (Å²) in [7, 11) is 1.42. The van der Waals surface area contributed by atoms with Crippen molar-refractivity contribution in [3.63, 3.8) is 0 Å². The molecule has 168 valence electrons. The van der Waals surface area contributed by atoms with Gasteiger partial charge in [0.25, 0.3) is 11.9 Å². The Morgan fingerprint density at radius 2 is 2.16 bits per heavy atom. The lowest BCUT2D eigenvalue weighted by Gasteiger charge is -2.10. The van der Waals surface area contributed by atoms with Crippen molar-refractivity contribution < 1.29 is 18.7 Å². The van der Waals surface area contributed by atoms with Crippen molar-refractivity contribution in [1.29, 1.82) is 0 Å². The molecule has 1 saturated carbocycles. The second kappa shape index (κ2) is 9.86. The monoisotopic (exact) mass is 439 g/mol. The first kappa shape index (κ1) is 21.9. The van der Waals surface area contributed by atoms with Gasteiger partial charge in [-0.25, -0.2) is 19.0 Å². The summed E-state index contributed by atoms with van der Waals surface area (Å²) < 4.78 is 26.1. The second-order valence-corrected chi connectivity index (χ2v) is 7.53. The fraction of sp³-hybridized carbons (Fsp3) is 0.391. The van der Waals surface area contributed by atoms with Crippen molar-refractivity contribution >= 4 is 5.91 Å². The Balaban J connectivity index is 1.58. The van der Waals surface area contributed by atoms with Crippen LogP contribution in [-0.2, 0) is 4.74 Å². The average Bonchev–Trinajstić information content (AvgIpc) is 3.56. The Morgan fingerprint density at radius 1 is 1.31 bits per heavy atom. The van der Waals surface area contributed by atoms with Gasteiger partial charge in [-0.1, -0.05) is 0 Å². The number of methoxy groups -OCH3 is 1. The van der Waals surface area contributed by atoms with E-state index in [-0.39, 0.29) is 17.6 Å². The Bertz CT molecular complexity index is 1100. The van der Waals surface area contributed by atoms with Crippen molar-refractivity contribution in [2.24, 2.45) is 0 Å². The van der Waals surface area contributed by atoms with Gasteiger partial charge in [-0.05, 0) is 50.5 Å². The zero-order valence-corrected chi connectivity index (χ0v) is 18.2. The summed E-state index contributed by atoms with van der Waals surface area (Å²) in [5.41, 5.74) is 2.49. The topological polar surface area (TPSA) is 91.2 Å². The van der Waals surface area contributed by atoms with Crippen molar-refractivity contribution in [3.05, 3.63) is 53.7 Å². The van der Waals surface area contributed by atoms with Gasteiger partial charge in [0.1, 0.15) is 0 Å². The molecule has 1 amide bonds. The van der Waals surface area contributed by atoms with Gasteiger partial charge < -0.3 is 14.8 Å². The van der Waals surface area contributed by atoms with Crippen LogP contribution in [0.2, 0.25) is 0 Å². The molecule has 0 atom stereocenters. The highest BCUT2D eigenvalue weighted by atomic mass is 19.1. The summed E-state index contributed by atoms with van der Waals surface area (Å²) in [6.07, 6.45) is 5.88. The summed E-state index contributed by atoms with van der Waals surface area (Å²) in [6.45, 7) is 3.74. The molecule has 0 unspecified atom stereocenters. The Hall–Kier alpha value is -3.33. The number of benzene rings is 1. The zero-order chi connectivity index (χ0) is 22.5. The van der Waals surface area contributed by atoms with E-state index < -0.39 is 5.82 Å². The van der Waals surface area contributed by atoms with Crippen LogP contribution in [0.15, 0.2) is 36.7 Å². The van der Waals surface area contributed by atoms with Crippen LogP contribution in [0.1, 0.15) is 48.2 Å². The number of rotatable bonds is 10. The van der Waals surface area contributed by atoms with Crippen molar-refractivity contribution in [1.82, 2.24) is 25.1 Å². The van der Waals surface area contributed by atoms with Crippen LogP contribution in [0, 0.1) is 5.82 Å². The van der Waals surface area contributed by atoms with Crippen LogP contribution in [-0.4, -0.2) is 52.5 Å². The number of hydrogen-bond acceptors (Lipinski definition) is 6. The lowest BCUT2D eigenvalue weighted by molar-refractivity contribution is 0.0943. The summed E-state index contributed by atoms with van der Waals surface area (Å²) in [5.74, 6) is 0.126. The standard InChI is InChI=1S/C23H26FN5O3/c1-3-32-12-4-10-25-22(30)17-14-27-29(21(17)15-5-6-15)23-26-11-9-19(28-23)16-7-8-20(31-2)18(24)13-16/h7-9,11,13-15H,3-6,10,12H2,1-2H3,(H,25,30). The molecule has 1 aromatic carbocycles. The number of nitrogens with zero attached hydrogens (tertiary/aromatic N) is 4. The second-order valence-electron chi connectivity index (χ2n) is 7.53. The van der Waals surface area contributed by atoms with Gasteiger partial charge in [0.05, 0.1) is 30.3 Å². The first-order valence-corrected chi connectivity index (χ1v) is 10.7. The number of halogens is 1. The van der Waals surface area contributed by atoms with Crippen LogP contribution < -0.4 is 10.1 Å². The normalized spacial score (nSPS) is 13.2. The Labute approximate surface area is 185 Å². The lowest BCUT2D eigenvalue weighted by Crippen LogP contribution is -2.26. The third-order valence-electron chi connectivity index (χ3n) is 5.25. The van der Waals surface area contributed by atoms with Crippen LogP contribution in [0.3, 0.4) is 0 Å². The highest BCUT2D eigenvalue weighted by Crippen LogP contribution is 2.42. The van der Waals surface area contributed by atoms with Crippen LogP contribution in [0.25, 0.3) is 17.2 Å². The predicted octanol–water partition coefficient (Wildman–Crippen LogP) is 3.51. The third-order valence-corrected chi connectivity index (χ3v) is 5.25. The highest BCUT2D eigenvalue weighted by molar-refractivity contribution is 5.95. The zero-order valence-electron chi connectivity index (χ0n) is 18.2. The average molecular weight is 439 g/mol. The minimum atomic E-state index is -0.466. The molecule has 32 heavy (non-hydrogen) atoms. The molecule has 0 spiro atoms. The molecule has 0 bridgehead atoms. The number of carbonyl (C=O) groups excluding carboxylic acids is 1. The lowest BCUT2D eigenvalue weighted by atomic mass is 10.1. The number of carbonyl (C=O) groups is 1. The van der Waals surface area contributed by atoms with Gasteiger partial charge in [0.15, 0.2) is 11.6 Å². The Morgan fingerprint density at radius 3 is 2.88 bits per heavy atom. The van der Waals surface area contributed by atoms with Crippen molar-refractivity contribution in [2.45, 2.75) is 32.1 Å². The fourth-order valence-electron chi connectivity index (χ4n) is 3.49. The van der Waals surface area contributed by atoms with Gasteiger partial charge in [-0.3, -0.25) is 4.79 Å². The van der Waals surface area contributed by atoms with Crippen molar-refractivity contribution in [3.8, 4) is 23.0 Å². The number of nitrogens with one attached hydrogen (secondary N) is 1. The van der Waals surface area contributed by atoms with Crippen LogP contribution in [0.4, 0.5) is 4.39 Å². The molecule has 2 aromatic heterocycles. The minimum absolute atomic E-state index is 0.164. The van der Waals surface area contributed by atoms with E-state index in [1.54, 1.807) is 35.3 Å². The number of aromatic nitrogens is 4. The maximum absolute atomic E-state index is 14.2. The van der Waals surface area contributed by atoms with Gasteiger partial charge >= 0.3 is 0 Å². The molecule has 1 aliphatic rings. The van der Waals surface area contributed by atoms with Crippen LogP contribution >= 0.6 is 0 Å². The van der Waals surface area contributed by atoms with E-state index in [1.807, 2.05) is 6.92 Å². The smallest absolute Gasteiger partial charge is 0.254 e. The van der Waals surface area contributed by atoms with E-state index >= 15 is 0 Å². The first-order chi connectivity index (χ1) is 15.6. The molecule has 0 saturated heterocycles. The summed E-state index contributed by atoms with van der Waals surface area (Å²) in [6, 6.07) is 6.37. The summed E-state index contributed by atoms with van der Waals surface area (Å²) in [5, 5.41) is 7.35. The van der Waals surface area contributed by atoms with E-state index in [0.29, 0.717) is 42.5 Å². The quantitative estimate of drug-likeness (QED) is 0.486. The molecule has 1 N–H and O–H groups in total. The van der Waals surface area contributed by atoms with Gasteiger partial charge in [0.2, 0.25) is 0 Å². The summed E-state index contributed by atoms with van der Waals surface area (Å²) in [4.78, 5) is 21.7. The molecular weight excluding hydrogens is 413 g/mol. The maximum atomic E-state index is 14.2. The molecule has 8 nitrogen and oxygen atoms in total. The molecule has 2 heterocycles. The van der Waals surface area contributed by atoms with Gasteiger partial charge in [0, 0.05) is 37.4 Å². The van der Waals surface area contributed by atoms with Gasteiger partial charge in [-0.15, -0.1) is 0 Å². The minimum Gasteiger partial charge on any atom is -0.494 e. The molecular formula is C23H26FN5O3. The third kappa shape index (κ3) is 4.77. The number of amides is 1. The number of ether oxygens (including phenoxy) is 2. The molecule has 1 aliphatic carbocycles. The molecule has 4 rings (SSSR count). The summed E-state index contributed by atoms with van der Waals surface area (Å²) >= 11 is 0. The molecule has 0 radical (unpaired) electrons. The van der Waals surface area contributed by atoms with Crippen molar-refractivity contribution in [2.75, 3.05) is 26.9 Å². The van der Waals surface area contributed by atoms with Gasteiger partial charge in [-0.2, -0.15) is 5.10 Å². The maximum Gasteiger partial charge on any atom is 0.254 e. The Kier molecular flexibility index (Phi) is 6.75. The molecule has 1 fully saturated rings. The molecule has 9 heteroatoms. The van der Waals surface area contributed by atoms with E-state index in [4.69, 9.17) is 9.47 Å². The van der Waals surface area contributed by atoms with Crippen LogP contribution in [0.5, 0.6) is 5.75 Å². The van der Waals surface area contributed by atoms with E-state index in [2.05, 4.69) is 20.4 Å². The molecule has 3 aromatic rings. The number of hydrogen-bond donors (Lipinski definition) is 1. The fourth-order valence-corrected chi connectivity index (χ4v) is 3.49. The largest absolute Gasteiger partial charge is 0.494 e. The van der Waals surface area contributed by atoms with E-state index in [1.165, 1.54) is 13.2 Å². The SMILES string of the molecule is CCOCCCNC(=O)c1cnn(-c2nccc(-c3ccc(OC)c(F)c3)n2)c1C1CC1. The molecule has 0 aliphatic heterocycles. The first-order valence-electron chi connectivity index (χ1n) is 10.7. The highest BCUT2D eigenvalue weighted by Gasteiger charge is 2.33. The van der Waals surface area contributed by atoms with E-state index in [0.717, 1.165) is 25.0 Å².